The minimum atomic E-state index is -0.367. The van der Waals surface area contributed by atoms with Crippen LogP contribution in [0, 0.1) is 0 Å². The molecule has 0 aliphatic carbocycles. The summed E-state index contributed by atoms with van der Waals surface area (Å²) >= 11 is 0. The second kappa shape index (κ2) is 8.08. The smallest absolute Gasteiger partial charge is 0.231 e. The van der Waals surface area contributed by atoms with Crippen molar-refractivity contribution in [3.8, 4) is 0 Å². The molecule has 2 atom stereocenters. The lowest BCUT2D eigenvalue weighted by atomic mass is 9.99. The fraction of sp³-hybridized carbons (Fsp3) is 0.529. The van der Waals surface area contributed by atoms with Crippen LogP contribution in [0.5, 0.6) is 0 Å². The molecule has 0 bridgehead atoms. The van der Waals surface area contributed by atoms with Crippen LogP contribution in [0.3, 0.4) is 0 Å². The Morgan fingerprint density at radius 1 is 1.39 bits per heavy atom. The maximum atomic E-state index is 12.7. The standard InChI is InChI=1S/C17H25N3O3/c1-13(14-6-4-3-5-7-14)17(22)20-8-9-23-15(11-20)10-19(2)12-16(18)21/h3-7,13,15H,8-12H2,1-2H3,(H2,18,21)/t13-,15-/m0/s1. The Labute approximate surface area is 137 Å². The molecule has 1 aliphatic heterocycles. The second-order valence-electron chi connectivity index (χ2n) is 6.07. The molecule has 23 heavy (non-hydrogen) atoms. The van der Waals surface area contributed by atoms with Crippen molar-refractivity contribution in [3.63, 3.8) is 0 Å². The lowest BCUT2D eigenvalue weighted by Gasteiger charge is -2.36. The molecule has 2 N–H and O–H groups in total. The van der Waals surface area contributed by atoms with Crippen LogP contribution in [0.4, 0.5) is 0 Å². The fourth-order valence-electron chi connectivity index (χ4n) is 2.87. The Morgan fingerprint density at radius 3 is 2.74 bits per heavy atom. The maximum absolute atomic E-state index is 12.7. The topological polar surface area (TPSA) is 75.9 Å². The van der Waals surface area contributed by atoms with E-state index in [0.29, 0.717) is 26.2 Å². The minimum absolute atomic E-state index is 0.0972. The molecule has 1 aromatic rings. The first kappa shape index (κ1) is 17.4. The van der Waals surface area contributed by atoms with Gasteiger partial charge in [-0.25, -0.2) is 0 Å². The molecule has 0 aromatic heterocycles. The van der Waals surface area contributed by atoms with Crippen LogP contribution in [0.2, 0.25) is 0 Å². The van der Waals surface area contributed by atoms with Gasteiger partial charge in [-0.1, -0.05) is 30.3 Å². The average Bonchev–Trinajstić information content (AvgIpc) is 2.53. The molecule has 1 heterocycles. The number of hydrogen-bond donors (Lipinski definition) is 1. The summed E-state index contributed by atoms with van der Waals surface area (Å²) in [5.74, 6) is -0.422. The van der Waals surface area contributed by atoms with E-state index in [1.807, 2.05) is 54.1 Å². The van der Waals surface area contributed by atoms with Gasteiger partial charge in [-0.05, 0) is 19.5 Å². The van der Waals surface area contributed by atoms with Crippen molar-refractivity contribution in [2.24, 2.45) is 5.73 Å². The number of nitrogens with two attached hydrogens (primary N) is 1. The summed E-state index contributed by atoms with van der Waals surface area (Å²) in [6.07, 6.45) is -0.0972. The summed E-state index contributed by atoms with van der Waals surface area (Å²) in [5, 5.41) is 0. The molecule has 6 nitrogen and oxygen atoms in total. The van der Waals surface area contributed by atoms with Gasteiger partial charge in [0.15, 0.2) is 0 Å². The van der Waals surface area contributed by atoms with Crippen LogP contribution in [-0.2, 0) is 14.3 Å². The Morgan fingerprint density at radius 2 is 2.09 bits per heavy atom. The number of nitrogens with zero attached hydrogens (tertiary/aromatic N) is 2. The van der Waals surface area contributed by atoms with Crippen LogP contribution in [0.15, 0.2) is 30.3 Å². The van der Waals surface area contributed by atoms with Crippen LogP contribution < -0.4 is 5.73 Å². The van der Waals surface area contributed by atoms with E-state index in [9.17, 15) is 9.59 Å². The van der Waals surface area contributed by atoms with Gasteiger partial charge in [-0.2, -0.15) is 0 Å². The van der Waals surface area contributed by atoms with E-state index in [4.69, 9.17) is 10.5 Å². The molecule has 1 aliphatic rings. The Hall–Kier alpha value is -1.92. The van der Waals surface area contributed by atoms with E-state index in [1.54, 1.807) is 0 Å². The molecule has 0 unspecified atom stereocenters. The molecular weight excluding hydrogens is 294 g/mol. The maximum Gasteiger partial charge on any atom is 0.231 e. The molecule has 0 saturated carbocycles. The van der Waals surface area contributed by atoms with Gasteiger partial charge in [0.2, 0.25) is 11.8 Å². The lowest BCUT2D eigenvalue weighted by molar-refractivity contribution is -0.141. The number of likely N-dealkylation sites (N-methyl/N-ethyl adjacent to an activating group) is 1. The highest BCUT2D eigenvalue weighted by atomic mass is 16.5. The highest BCUT2D eigenvalue weighted by Crippen LogP contribution is 2.19. The number of carbonyl (C=O) groups is 2. The summed E-state index contributed by atoms with van der Waals surface area (Å²) in [6, 6.07) is 9.78. The average molecular weight is 319 g/mol. The highest BCUT2D eigenvalue weighted by Gasteiger charge is 2.28. The van der Waals surface area contributed by atoms with Crippen LogP contribution in [0.25, 0.3) is 0 Å². The van der Waals surface area contributed by atoms with Crippen molar-refractivity contribution in [2.45, 2.75) is 18.9 Å². The summed E-state index contributed by atoms with van der Waals surface area (Å²) in [7, 11) is 1.82. The van der Waals surface area contributed by atoms with Gasteiger partial charge in [0.05, 0.1) is 25.2 Å². The number of ether oxygens (including phenoxy) is 1. The normalized spacial score (nSPS) is 19.6. The molecule has 2 amide bonds. The third-order valence-electron chi connectivity index (χ3n) is 4.06. The van der Waals surface area contributed by atoms with Crippen molar-refractivity contribution in [3.05, 3.63) is 35.9 Å². The van der Waals surface area contributed by atoms with Gasteiger partial charge >= 0.3 is 0 Å². The summed E-state index contributed by atoms with van der Waals surface area (Å²) in [4.78, 5) is 27.3. The number of amides is 2. The lowest BCUT2D eigenvalue weighted by Crippen LogP contribution is -2.50. The van der Waals surface area contributed by atoms with Crippen molar-refractivity contribution in [1.29, 1.82) is 0 Å². The van der Waals surface area contributed by atoms with E-state index >= 15 is 0 Å². The molecular formula is C17H25N3O3. The molecule has 1 saturated heterocycles. The Bertz CT molecular complexity index is 535. The Balaban J connectivity index is 1.92. The molecule has 126 valence electrons. The molecule has 1 fully saturated rings. The van der Waals surface area contributed by atoms with Gasteiger partial charge in [-0.3, -0.25) is 14.5 Å². The third kappa shape index (κ3) is 5.04. The zero-order chi connectivity index (χ0) is 16.8. The summed E-state index contributed by atoms with van der Waals surface area (Å²) in [6.45, 7) is 4.36. The largest absolute Gasteiger partial charge is 0.373 e. The number of hydrogen-bond acceptors (Lipinski definition) is 4. The SMILES string of the molecule is C[C@H](C(=O)N1CCO[C@@H](CN(C)CC(N)=O)C1)c1ccccc1. The first-order valence-electron chi connectivity index (χ1n) is 7.89. The van der Waals surface area contributed by atoms with Gasteiger partial charge in [0.1, 0.15) is 0 Å². The van der Waals surface area contributed by atoms with E-state index in [0.717, 1.165) is 5.56 Å². The van der Waals surface area contributed by atoms with Crippen LogP contribution in [-0.4, -0.2) is 67.6 Å². The number of carbonyl (C=O) groups excluding carboxylic acids is 2. The van der Waals surface area contributed by atoms with E-state index < -0.39 is 0 Å². The fourth-order valence-corrected chi connectivity index (χ4v) is 2.87. The molecule has 0 spiro atoms. The van der Waals surface area contributed by atoms with E-state index in [1.165, 1.54) is 0 Å². The van der Waals surface area contributed by atoms with Crippen molar-refractivity contribution in [2.75, 3.05) is 39.8 Å². The first-order valence-corrected chi connectivity index (χ1v) is 7.89. The molecule has 6 heteroatoms. The Kier molecular flexibility index (Phi) is 6.12. The first-order chi connectivity index (χ1) is 11.0. The zero-order valence-electron chi connectivity index (χ0n) is 13.8. The van der Waals surface area contributed by atoms with Gasteiger partial charge in [-0.15, -0.1) is 0 Å². The van der Waals surface area contributed by atoms with Gasteiger partial charge in [0.25, 0.3) is 0 Å². The predicted octanol–water partition coefficient (Wildman–Crippen LogP) is 0.435. The van der Waals surface area contributed by atoms with E-state index in [2.05, 4.69) is 0 Å². The van der Waals surface area contributed by atoms with Crippen molar-refractivity contribution >= 4 is 11.8 Å². The summed E-state index contributed by atoms with van der Waals surface area (Å²) in [5.41, 5.74) is 6.21. The van der Waals surface area contributed by atoms with E-state index in [-0.39, 0.29) is 30.4 Å². The van der Waals surface area contributed by atoms with Crippen LogP contribution >= 0.6 is 0 Å². The number of primary amides is 1. The predicted molar refractivity (Wildman–Crippen MR) is 87.9 cm³/mol. The third-order valence-corrected chi connectivity index (χ3v) is 4.06. The number of rotatable bonds is 6. The van der Waals surface area contributed by atoms with Crippen molar-refractivity contribution < 1.29 is 14.3 Å². The number of morpholine rings is 1. The quantitative estimate of drug-likeness (QED) is 0.825. The second-order valence-corrected chi connectivity index (χ2v) is 6.07. The van der Waals surface area contributed by atoms with Crippen LogP contribution in [0.1, 0.15) is 18.4 Å². The van der Waals surface area contributed by atoms with Crippen molar-refractivity contribution in [1.82, 2.24) is 9.80 Å². The molecule has 2 rings (SSSR count). The molecule has 0 radical (unpaired) electrons. The molecule has 1 aromatic carbocycles. The zero-order valence-corrected chi connectivity index (χ0v) is 13.8. The highest BCUT2D eigenvalue weighted by molar-refractivity contribution is 5.83. The summed E-state index contributed by atoms with van der Waals surface area (Å²) < 4.78 is 5.71. The van der Waals surface area contributed by atoms with Gasteiger partial charge in [0, 0.05) is 19.6 Å². The van der Waals surface area contributed by atoms with Gasteiger partial charge < -0.3 is 15.4 Å². The minimum Gasteiger partial charge on any atom is -0.373 e. The number of benzene rings is 1. The monoisotopic (exact) mass is 319 g/mol.